The number of hydrogen-bond acceptors (Lipinski definition) is 6. The van der Waals surface area contributed by atoms with Crippen LogP contribution in [0.4, 0.5) is 14.5 Å². The summed E-state index contributed by atoms with van der Waals surface area (Å²) in [7, 11) is 0. The van der Waals surface area contributed by atoms with Gasteiger partial charge in [0.1, 0.15) is 0 Å². The smallest absolute Gasteiger partial charge is 0.159 e. The Balaban J connectivity index is 1.45. The molecule has 9 heteroatoms. The van der Waals surface area contributed by atoms with Crippen LogP contribution in [0.25, 0.3) is 33.5 Å². The highest BCUT2D eigenvalue weighted by atomic mass is 19.2. The summed E-state index contributed by atoms with van der Waals surface area (Å²) in [6, 6.07) is 9.50. The van der Waals surface area contributed by atoms with E-state index in [1.165, 1.54) is 6.07 Å². The number of anilines is 1. The van der Waals surface area contributed by atoms with Crippen molar-refractivity contribution in [3.05, 3.63) is 60.4 Å². The second-order valence-electron chi connectivity index (χ2n) is 7.77. The SMILES string of the molecule is OCCN1CCN(c2cnc3ccc(-c4cn[nH]c4-c4ccc(F)c(F)c4)nc3c2)CC1. The fraction of sp³-hybridized carbons (Fsp3) is 0.261. The van der Waals surface area contributed by atoms with E-state index in [4.69, 9.17) is 10.1 Å². The van der Waals surface area contributed by atoms with Gasteiger partial charge < -0.3 is 10.0 Å². The van der Waals surface area contributed by atoms with Crippen LogP contribution in [0, 0.1) is 11.6 Å². The lowest BCUT2D eigenvalue weighted by molar-refractivity contribution is 0.189. The predicted molar refractivity (Wildman–Crippen MR) is 118 cm³/mol. The van der Waals surface area contributed by atoms with Crippen molar-refractivity contribution in [1.29, 1.82) is 0 Å². The zero-order valence-electron chi connectivity index (χ0n) is 17.3. The van der Waals surface area contributed by atoms with Crippen LogP contribution in [-0.4, -0.2) is 69.5 Å². The number of β-amino-alcohol motifs (C(OH)–C–C–N with tert-alkyl or cyclic N) is 1. The van der Waals surface area contributed by atoms with Crippen molar-refractivity contribution in [2.24, 2.45) is 0 Å². The average Bonchev–Trinajstić information content (AvgIpc) is 3.31. The molecule has 1 aliphatic heterocycles. The van der Waals surface area contributed by atoms with E-state index in [1.54, 1.807) is 6.20 Å². The monoisotopic (exact) mass is 436 g/mol. The molecule has 0 amide bonds. The largest absolute Gasteiger partial charge is 0.395 e. The van der Waals surface area contributed by atoms with Crippen molar-refractivity contribution in [1.82, 2.24) is 25.1 Å². The lowest BCUT2D eigenvalue weighted by Crippen LogP contribution is -2.47. The number of pyridine rings is 2. The van der Waals surface area contributed by atoms with Gasteiger partial charge in [-0.1, -0.05) is 0 Å². The molecule has 0 unspecified atom stereocenters. The van der Waals surface area contributed by atoms with Crippen LogP contribution in [0.15, 0.2) is 48.8 Å². The van der Waals surface area contributed by atoms with Crippen molar-refractivity contribution >= 4 is 16.7 Å². The molecule has 32 heavy (non-hydrogen) atoms. The molecule has 7 nitrogen and oxygen atoms in total. The van der Waals surface area contributed by atoms with Gasteiger partial charge >= 0.3 is 0 Å². The van der Waals surface area contributed by atoms with E-state index in [2.05, 4.69) is 25.0 Å². The fourth-order valence-corrected chi connectivity index (χ4v) is 4.04. The number of H-pyrrole nitrogens is 1. The van der Waals surface area contributed by atoms with Gasteiger partial charge in [0.15, 0.2) is 11.6 Å². The third-order valence-corrected chi connectivity index (χ3v) is 5.80. The summed E-state index contributed by atoms with van der Waals surface area (Å²) in [4.78, 5) is 13.8. The Morgan fingerprint density at radius 3 is 2.56 bits per heavy atom. The van der Waals surface area contributed by atoms with E-state index >= 15 is 0 Å². The van der Waals surface area contributed by atoms with Gasteiger partial charge in [0.2, 0.25) is 0 Å². The second kappa shape index (κ2) is 8.60. The van der Waals surface area contributed by atoms with Crippen LogP contribution >= 0.6 is 0 Å². The minimum absolute atomic E-state index is 0.171. The zero-order valence-corrected chi connectivity index (χ0v) is 17.3. The van der Waals surface area contributed by atoms with E-state index in [0.717, 1.165) is 55.0 Å². The lowest BCUT2D eigenvalue weighted by Gasteiger charge is -2.35. The Kier molecular flexibility index (Phi) is 5.50. The van der Waals surface area contributed by atoms with E-state index in [-0.39, 0.29) is 6.61 Å². The molecular formula is C23H22F2N6O. The lowest BCUT2D eigenvalue weighted by atomic mass is 10.0. The van der Waals surface area contributed by atoms with Gasteiger partial charge in [-0.15, -0.1) is 0 Å². The highest BCUT2D eigenvalue weighted by Crippen LogP contribution is 2.31. The van der Waals surface area contributed by atoms with Crippen molar-refractivity contribution in [3.8, 4) is 22.5 Å². The maximum Gasteiger partial charge on any atom is 0.159 e. The first-order chi connectivity index (χ1) is 15.6. The van der Waals surface area contributed by atoms with E-state index < -0.39 is 11.6 Å². The number of halogens is 2. The van der Waals surface area contributed by atoms with E-state index in [0.29, 0.717) is 29.1 Å². The van der Waals surface area contributed by atoms with Gasteiger partial charge in [0, 0.05) is 43.9 Å². The molecule has 4 aromatic rings. The third kappa shape index (κ3) is 3.92. The van der Waals surface area contributed by atoms with Gasteiger partial charge in [0.25, 0.3) is 0 Å². The number of aromatic nitrogens is 4. The average molecular weight is 436 g/mol. The number of aromatic amines is 1. The highest BCUT2D eigenvalue weighted by molar-refractivity contribution is 5.84. The van der Waals surface area contributed by atoms with Gasteiger partial charge in [-0.2, -0.15) is 5.10 Å². The van der Waals surface area contributed by atoms with Crippen molar-refractivity contribution in [3.63, 3.8) is 0 Å². The standard InChI is InChI=1S/C23H22F2N6O/c24-18-2-1-15(11-19(18)25)23-17(14-27-29-23)20-3-4-21-22(28-20)12-16(13-26-21)31-7-5-30(6-8-31)9-10-32/h1-4,11-14,32H,5-10H2,(H,27,29). The number of nitrogens with one attached hydrogen (secondary N) is 1. The maximum absolute atomic E-state index is 13.7. The van der Waals surface area contributed by atoms with E-state index in [9.17, 15) is 8.78 Å². The molecule has 0 radical (unpaired) electrons. The van der Waals surface area contributed by atoms with Crippen LogP contribution in [0.5, 0.6) is 0 Å². The first-order valence-corrected chi connectivity index (χ1v) is 10.5. The summed E-state index contributed by atoms with van der Waals surface area (Å²) < 4.78 is 27.1. The Hall–Kier alpha value is -3.43. The highest BCUT2D eigenvalue weighted by Gasteiger charge is 2.18. The topological polar surface area (TPSA) is 81.2 Å². The van der Waals surface area contributed by atoms with Crippen molar-refractivity contribution in [2.45, 2.75) is 0 Å². The number of piperazine rings is 1. The molecular weight excluding hydrogens is 414 g/mol. The number of aliphatic hydroxyl groups excluding tert-OH is 1. The minimum Gasteiger partial charge on any atom is -0.395 e. The van der Waals surface area contributed by atoms with Gasteiger partial charge in [-0.05, 0) is 36.4 Å². The summed E-state index contributed by atoms with van der Waals surface area (Å²) in [6.45, 7) is 4.35. The Morgan fingerprint density at radius 1 is 0.938 bits per heavy atom. The molecule has 0 bridgehead atoms. The van der Waals surface area contributed by atoms with Crippen molar-refractivity contribution < 1.29 is 13.9 Å². The molecule has 5 rings (SSSR count). The molecule has 164 valence electrons. The van der Waals surface area contributed by atoms with Crippen LogP contribution < -0.4 is 4.90 Å². The van der Waals surface area contributed by atoms with Crippen molar-refractivity contribution in [2.75, 3.05) is 44.2 Å². The summed E-state index contributed by atoms with van der Waals surface area (Å²) >= 11 is 0. The third-order valence-electron chi connectivity index (χ3n) is 5.80. The molecule has 1 aliphatic rings. The Labute approximate surface area is 183 Å². The van der Waals surface area contributed by atoms with E-state index in [1.807, 2.05) is 24.4 Å². The summed E-state index contributed by atoms with van der Waals surface area (Å²) in [5.74, 6) is -1.81. The fourth-order valence-electron chi connectivity index (χ4n) is 4.04. The Bertz CT molecular complexity index is 1250. The van der Waals surface area contributed by atoms with Crippen LogP contribution in [0.3, 0.4) is 0 Å². The summed E-state index contributed by atoms with van der Waals surface area (Å²) in [5.41, 5.74) is 4.94. The van der Waals surface area contributed by atoms with Crippen LogP contribution in [0.1, 0.15) is 0 Å². The quantitative estimate of drug-likeness (QED) is 0.501. The Morgan fingerprint density at radius 2 is 1.78 bits per heavy atom. The summed E-state index contributed by atoms with van der Waals surface area (Å²) in [6.07, 6.45) is 3.48. The molecule has 1 fully saturated rings. The predicted octanol–water partition coefficient (Wildman–Crippen LogP) is 3.08. The van der Waals surface area contributed by atoms with Gasteiger partial charge in [-0.25, -0.2) is 13.8 Å². The molecule has 0 aliphatic carbocycles. The second-order valence-corrected chi connectivity index (χ2v) is 7.77. The first kappa shape index (κ1) is 20.5. The molecule has 1 aromatic carbocycles. The molecule has 1 saturated heterocycles. The number of benzene rings is 1. The molecule has 0 spiro atoms. The number of nitrogens with zero attached hydrogens (tertiary/aromatic N) is 5. The number of rotatable bonds is 5. The molecule has 0 saturated carbocycles. The molecule has 4 heterocycles. The number of fused-ring (bicyclic) bond motifs is 1. The van der Waals surface area contributed by atoms with Gasteiger partial charge in [-0.3, -0.25) is 15.0 Å². The van der Waals surface area contributed by atoms with Gasteiger partial charge in [0.05, 0.1) is 47.1 Å². The zero-order chi connectivity index (χ0) is 22.1. The molecule has 0 atom stereocenters. The number of aliphatic hydroxyl groups is 1. The molecule has 2 N–H and O–H groups in total. The molecule has 3 aromatic heterocycles. The summed E-state index contributed by atoms with van der Waals surface area (Å²) in [5, 5.41) is 16.1. The number of hydrogen-bond donors (Lipinski definition) is 2. The normalized spacial score (nSPS) is 14.9. The maximum atomic E-state index is 13.7. The van der Waals surface area contributed by atoms with Crippen LogP contribution in [0.2, 0.25) is 0 Å². The first-order valence-electron chi connectivity index (χ1n) is 10.5. The van der Waals surface area contributed by atoms with Crippen LogP contribution in [-0.2, 0) is 0 Å². The minimum atomic E-state index is -0.914.